The zero-order chi connectivity index (χ0) is 14.8. The molecule has 0 radical (unpaired) electrons. The zero-order valence-corrected chi connectivity index (χ0v) is 14.1. The molecule has 0 spiro atoms. The van der Waals surface area contributed by atoms with Crippen LogP contribution in [-0.4, -0.2) is 16.2 Å². The third kappa shape index (κ3) is 3.00. The molecule has 0 aliphatic carbocycles. The number of aromatic nitrogens is 2. The number of halogens is 1. The maximum Gasteiger partial charge on any atom is 0.225 e. The number of para-hydroxylation sites is 1. The van der Waals surface area contributed by atoms with E-state index in [1.807, 2.05) is 18.2 Å². The smallest absolute Gasteiger partial charge is 0.225 e. The van der Waals surface area contributed by atoms with E-state index in [1.54, 1.807) is 23.1 Å². The molecule has 0 bridgehead atoms. The van der Waals surface area contributed by atoms with E-state index in [-0.39, 0.29) is 5.28 Å². The molecule has 108 valence electrons. The summed E-state index contributed by atoms with van der Waals surface area (Å²) in [6, 6.07) is 10.3. The molecular weight excluding hydrogens is 322 g/mol. The van der Waals surface area contributed by atoms with E-state index in [4.69, 9.17) is 11.6 Å². The second-order valence-electron chi connectivity index (χ2n) is 4.45. The van der Waals surface area contributed by atoms with Crippen LogP contribution in [0.2, 0.25) is 5.28 Å². The summed E-state index contributed by atoms with van der Waals surface area (Å²) in [6.07, 6.45) is 3.04. The van der Waals surface area contributed by atoms with Gasteiger partial charge < -0.3 is 5.32 Å². The van der Waals surface area contributed by atoms with E-state index in [0.29, 0.717) is 0 Å². The minimum atomic E-state index is 0.274. The first-order valence-electron chi connectivity index (χ1n) is 6.57. The molecule has 0 aliphatic rings. The number of thiophene rings is 1. The molecule has 0 saturated heterocycles. The highest BCUT2D eigenvalue weighted by atomic mass is 35.5. The van der Waals surface area contributed by atoms with Crippen LogP contribution in [0.25, 0.3) is 10.2 Å². The van der Waals surface area contributed by atoms with Crippen molar-refractivity contribution in [2.45, 2.75) is 18.2 Å². The molecule has 1 aromatic carbocycles. The van der Waals surface area contributed by atoms with Gasteiger partial charge in [-0.3, -0.25) is 0 Å². The second kappa shape index (κ2) is 6.22. The monoisotopic (exact) mass is 335 g/mol. The van der Waals surface area contributed by atoms with Gasteiger partial charge in [0.2, 0.25) is 5.28 Å². The van der Waals surface area contributed by atoms with Crippen LogP contribution in [0.15, 0.2) is 35.2 Å². The molecule has 3 nitrogen and oxygen atoms in total. The van der Waals surface area contributed by atoms with Crippen molar-refractivity contribution in [2.24, 2.45) is 0 Å². The largest absolute Gasteiger partial charge is 0.339 e. The number of rotatable bonds is 4. The SMILES string of the molecule is CCc1cc2c(Nc3ccccc3SC)nc(Cl)nc2s1. The van der Waals surface area contributed by atoms with Crippen molar-refractivity contribution in [1.82, 2.24) is 9.97 Å². The summed E-state index contributed by atoms with van der Waals surface area (Å²) in [7, 11) is 0. The van der Waals surface area contributed by atoms with Gasteiger partial charge in [-0.1, -0.05) is 19.1 Å². The summed E-state index contributed by atoms with van der Waals surface area (Å²) in [5.41, 5.74) is 1.03. The first-order chi connectivity index (χ1) is 10.2. The van der Waals surface area contributed by atoms with Gasteiger partial charge in [-0.25, -0.2) is 4.98 Å². The van der Waals surface area contributed by atoms with E-state index in [1.165, 1.54) is 9.77 Å². The lowest BCUT2D eigenvalue weighted by atomic mass is 10.3. The number of fused-ring (bicyclic) bond motifs is 1. The number of benzene rings is 1. The molecule has 0 saturated carbocycles. The van der Waals surface area contributed by atoms with Crippen LogP contribution < -0.4 is 5.32 Å². The van der Waals surface area contributed by atoms with Gasteiger partial charge in [0.15, 0.2) is 0 Å². The Bertz CT molecular complexity index is 786. The Kier molecular flexibility index (Phi) is 4.33. The molecule has 3 aromatic rings. The molecule has 2 aromatic heterocycles. The maximum atomic E-state index is 6.06. The molecule has 6 heteroatoms. The van der Waals surface area contributed by atoms with Gasteiger partial charge in [0.05, 0.1) is 11.1 Å². The number of thioether (sulfide) groups is 1. The van der Waals surface area contributed by atoms with Gasteiger partial charge in [-0.15, -0.1) is 23.1 Å². The van der Waals surface area contributed by atoms with Crippen LogP contribution >= 0.6 is 34.7 Å². The first-order valence-corrected chi connectivity index (χ1v) is 8.99. The molecular formula is C15H14ClN3S2. The third-order valence-corrected chi connectivity index (χ3v) is 5.26. The Balaban J connectivity index is 2.09. The van der Waals surface area contributed by atoms with Crippen molar-refractivity contribution >= 4 is 56.4 Å². The van der Waals surface area contributed by atoms with Gasteiger partial charge >= 0.3 is 0 Å². The predicted octanol–water partition coefficient (Wildman–Crippen LogP) is 5.37. The molecule has 2 heterocycles. The van der Waals surface area contributed by atoms with Crippen molar-refractivity contribution in [3.63, 3.8) is 0 Å². The van der Waals surface area contributed by atoms with Crippen molar-refractivity contribution in [1.29, 1.82) is 0 Å². The zero-order valence-electron chi connectivity index (χ0n) is 11.7. The predicted molar refractivity (Wildman–Crippen MR) is 93.3 cm³/mol. The standard InChI is InChI=1S/C15H14ClN3S2/c1-3-9-8-10-13(18-15(16)19-14(10)21-9)17-11-6-4-5-7-12(11)20-2/h4-8H,3H2,1-2H3,(H,17,18,19). The van der Waals surface area contributed by atoms with Gasteiger partial charge in [-0.05, 0) is 42.5 Å². The highest BCUT2D eigenvalue weighted by Crippen LogP contribution is 2.34. The fraction of sp³-hybridized carbons (Fsp3) is 0.200. The highest BCUT2D eigenvalue weighted by molar-refractivity contribution is 7.98. The lowest BCUT2D eigenvalue weighted by Gasteiger charge is -2.10. The fourth-order valence-electron chi connectivity index (χ4n) is 2.09. The number of nitrogens with zero attached hydrogens (tertiary/aromatic N) is 2. The molecule has 0 unspecified atom stereocenters. The van der Waals surface area contributed by atoms with E-state index in [9.17, 15) is 0 Å². The summed E-state index contributed by atoms with van der Waals surface area (Å²) in [6.45, 7) is 2.13. The molecule has 0 amide bonds. The van der Waals surface area contributed by atoms with Gasteiger partial charge in [-0.2, -0.15) is 4.98 Å². The molecule has 0 fully saturated rings. The topological polar surface area (TPSA) is 37.8 Å². The van der Waals surface area contributed by atoms with Crippen molar-refractivity contribution in [2.75, 3.05) is 11.6 Å². The summed E-state index contributed by atoms with van der Waals surface area (Å²) in [4.78, 5) is 12.1. The van der Waals surface area contributed by atoms with E-state index in [0.717, 1.165) is 28.1 Å². The van der Waals surface area contributed by atoms with E-state index >= 15 is 0 Å². The lowest BCUT2D eigenvalue weighted by Crippen LogP contribution is -1.97. The van der Waals surface area contributed by atoms with Crippen LogP contribution in [0.3, 0.4) is 0 Å². The maximum absolute atomic E-state index is 6.06. The first kappa shape index (κ1) is 14.6. The Hall–Kier alpha value is -1.30. The quantitative estimate of drug-likeness (QED) is 0.513. The average molecular weight is 336 g/mol. The number of aryl methyl sites for hydroxylation is 1. The molecule has 21 heavy (non-hydrogen) atoms. The Labute approximate surface area is 136 Å². The number of anilines is 2. The van der Waals surface area contributed by atoms with Crippen LogP contribution in [0, 0.1) is 0 Å². The third-order valence-electron chi connectivity index (χ3n) is 3.12. The number of hydrogen-bond acceptors (Lipinski definition) is 5. The summed E-state index contributed by atoms with van der Waals surface area (Å²) in [5.74, 6) is 0.766. The molecule has 0 aliphatic heterocycles. The normalized spacial score (nSPS) is 11.0. The van der Waals surface area contributed by atoms with Gasteiger partial charge in [0.25, 0.3) is 0 Å². The number of hydrogen-bond donors (Lipinski definition) is 1. The van der Waals surface area contributed by atoms with Crippen molar-refractivity contribution < 1.29 is 0 Å². The molecule has 3 rings (SSSR count). The minimum absolute atomic E-state index is 0.274. The summed E-state index contributed by atoms with van der Waals surface area (Å²) in [5, 5.41) is 4.69. The second-order valence-corrected chi connectivity index (χ2v) is 6.75. The Morgan fingerprint density at radius 2 is 2.10 bits per heavy atom. The van der Waals surface area contributed by atoms with E-state index < -0.39 is 0 Å². The van der Waals surface area contributed by atoms with E-state index in [2.05, 4.69) is 40.6 Å². The Morgan fingerprint density at radius 3 is 2.86 bits per heavy atom. The summed E-state index contributed by atoms with van der Waals surface area (Å²) < 4.78 is 0. The van der Waals surface area contributed by atoms with Crippen LogP contribution in [0.1, 0.15) is 11.8 Å². The molecule has 1 N–H and O–H groups in total. The average Bonchev–Trinajstić information content (AvgIpc) is 2.91. The van der Waals surface area contributed by atoms with Crippen LogP contribution in [0.4, 0.5) is 11.5 Å². The highest BCUT2D eigenvalue weighted by Gasteiger charge is 2.12. The lowest BCUT2D eigenvalue weighted by molar-refractivity contribution is 1.19. The van der Waals surface area contributed by atoms with Crippen molar-refractivity contribution in [3.05, 3.63) is 40.5 Å². The summed E-state index contributed by atoms with van der Waals surface area (Å²) >= 11 is 9.42. The number of nitrogens with one attached hydrogen (secondary N) is 1. The fourth-order valence-corrected chi connectivity index (χ4v) is 3.83. The van der Waals surface area contributed by atoms with Crippen LogP contribution in [0.5, 0.6) is 0 Å². The van der Waals surface area contributed by atoms with Gasteiger partial charge in [0.1, 0.15) is 10.6 Å². The Morgan fingerprint density at radius 1 is 1.29 bits per heavy atom. The minimum Gasteiger partial charge on any atom is -0.339 e. The molecule has 0 atom stereocenters. The van der Waals surface area contributed by atoms with Crippen molar-refractivity contribution in [3.8, 4) is 0 Å². The van der Waals surface area contributed by atoms with Crippen LogP contribution in [-0.2, 0) is 6.42 Å². The van der Waals surface area contributed by atoms with Gasteiger partial charge in [0, 0.05) is 9.77 Å².